The quantitative estimate of drug-likeness (QED) is 0.0972. The predicted molar refractivity (Wildman–Crippen MR) is 222 cm³/mol. The monoisotopic (exact) mass is 787 g/mol. The van der Waals surface area contributed by atoms with E-state index in [9.17, 15) is 9.59 Å². The van der Waals surface area contributed by atoms with E-state index >= 15 is 4.39 Å². The van der Waals surface area contributed by atoms with Crippen molar-refractivity contribution in [1.82, 2.24) is 24.9 Å². The number of hydrogen-bond donors (Lipinski definition) is 2. The van der Waals surface area contributed by atoms with Crippen LogP contribution in [-0.2, 0) is 22.6 Å². The van der Waals surface area contributed by atoms with Crippen molar-refractivity contribution >= 4 is 29.3 Å². The number of ether oxygens (including phenoxy) is 3. The zero-order valence-corrected chi connectivity index (χ0v) is 34.0. The van der Waals surface area contributed by atoms with Crippen molar-refractivity contribution < 1.29 is 28.2 Å². The summed E-state index contributed by atoms with van der Waals surface area (Å²) >= 11 is 0. The Morgan fingerprint density at radius 2 is 1.57 bits per heavy atom. The van der Waals surface area contributed by atoms with Gasteiger partial charge in [-0.15, -0.1) is 0 Å². The summed E-state index contributed by atoms with van der Waals surface area (Å²) in [4.78, 5) is 37.3. The van der Waals surface area contributed by atoms with Crippen LogP contribution in [0.2, 0.25) is 0 Å². The van der Waals surface area contributed by atoms with Gasteiger partial charge in [-0.25, -0.2) is 23.9 Å². The molecule has 0 aliphatic heterocycles. The Bertz CT molecular complexity index is 2290. The van der Waals surface area contributed by atoms with E-state index in [2.05, 4.69) is 44.8 Å². The number of aryl methyl sites for hydroxylation is 1. The summed E-state index contributed by atoms with van der Waals surface area (Å²) in [5, 5.41) is 11.1. The Kier molecular flexibility index (Phi) is 12.9. The van der Waals surface area contributed by atoms with Gasteiger partial charge < -0.3 is 29.7 Å². The number of anilines is 2. The molecule has 6 aromatic rings. The molecule has 13 heteroatoms. The Labute approximate surface area is 338 Å². The number of nitrogens with zero attached hydrogens (tertiary/aromatic N) is 5. The molecule has 2 N–H and O–H groups in total. The average molecular weight is 788 g/mol. The molecule has 12 nitrogen and oxygen atoms in total. The first kappa shape index (κ1) is 41.1. The summed E-state index contributed by atoms with van der Waals surface area (Å²) in [7, 11) is 1.32. The highest BCUT2D eigenvalue weighted by atomic mass is 19.1. The first-order valence-electron chi connectivity index (χ1n) is 19.3. The Balaban J connectivity index is 1.51. The van der Waals surface area contributed by atoms with Crippen LogP contribution in [0.1, 0.15) is 79.7 Å². The van der Waals surface area contributed by atoms with Crippen LogP contribution < -0.4 is 20.3 Å². The second-order valence-electron chi connectivity index (χ2n) is 15.1. The molecule has 0 saturated heterocycles. The van der Waals surface area contributed by atoms with E-state index in [1.165, 1.54) is 19.4 Å². The Hall–Kier alpha value is -6.50. The smallest absolute Gasteiger partial charge is 0.407 e. The lowest BCUT2D eigenvalue weighted by atomic mass is 10.0. The largest absolute Gasteiger partial charge is 0.473 e. The molecule has 0 spiro atoms. The number of carbonyl (C=O) groups excluding carboxylic acids is 2. The molecule has 1 amide bonds. The number of fused-ring (bicyclic) bond motifs is 1. The standard InChI is InChI=1S/C45H50FN7O5/c1-8-37(35-23-34(46)25-47-41(35)57-30(3)24-48-44(55)58-45(4,5)6)50-39-38(33-21-19-29(2)20-22-33)42(53-40(51-39)36(26-49-53)43(54)56-7)52(27-31-15-11-9-12-16-31)28-32-17-13-10-14-18-32/h9-23,25-26,30,37H,8,24,27-28H2,1-7H3,(H,48,55)(H,50,51)/t30-,37+/m0/s1. The SMILES string of the molecule is CC[C@@H](Nc1nc2c(C(=O)OC)cnn2c(N(Cc2ccccc2)Cc2ccccc2)c1-c1ccc(C)cc1)c1cc(F)cnc1O[C@@H](C)CNC(=O)OC(C)(C)C. The number of hydrogen-bond acceptors (Lipinski definition) is 10. The number of rotatable bonds is 15. The molecule has 6 rings (SSSR count). The second-order valence-corrected chi connectivity index (χ2v) is 15.1. The van der Waals surface area contributed by atoms with Gasteiger partial charge in [-0.05, 0) is 63.8 Å². The van der Waals surface area contributed by atoms with Crippen molar-refractivity contribution in [3.63, 3.8) is 0 Å². The van der Waals surface area contributed by atoms with E-state index in [1.807, 2.05) is 74.5 Å². The van der Waals surface area contributed by atoms with E-state index in [-0.39, 0.29) is 23.6 Å². The minimum atomic E-state index is -0.664. The summed E-state index contributed by atoms with van der Waals surface area (Å²) in [6, 6.07) is 29.2. The van der Waals surface area contributed by atoms with Gasteiger partial charge in [-0.1, -0.05) is 97.4 Å². The maximum absolute atomic E-state index is 15.1. The molecule has 2 atom stereocenters. The number of aromatic nitrogens is 4. The highest BCUT2D eigenvalue weighted by Gasteiger charge is 2.29. The van der Waals surface area contributed by atoms with Gasteiger partial charge in [0.05, 0.1) is 37.7 Å². The van der Waals surface area contributed by atoms with Crippen LogP contribution in [0.4, 0.5) is 20.8 Å². The van der Waals surface area contributed by atoms with E-state index in [1.54, 1.807) is 32.2 Å². The highest BCUT2D eigenvalue weighted by molar-refractivity contribution is 5.98. The van der Waals surface area contributed by atoms with Gasteiger partial charge >= 0.3 is 12.1 Å². The number of nitrogens with one attached hydrogen (secondary N) is 2. The lowest BCUT2D eigenvalue weighted by Gasteiger charge is -2.30. The molecular weight excluding hydrogens is 738 g/mol. The number of esters is 1. The molecule has 0 fully saturated rings. The molecule has 0 bridgehead atoms. The zero-order chi connectivity index (χ0) is 41.4. The minimum absolute atomic E-state index is 0.118. The Morgan fingerprint density at radius 3 is 2.16 bits per heavy atom. The van der Waals surface area contributed by atoms with Crippen molar-refractivity contribution in [1.29, 1.82) is 0 Å². The van der Waals surface area contributed by atoms with Crippen molar-refractivity contribution in [3.05, 3.63) is 137 Å². The van der Waals surface area contributed by atoms with Crippen molar-refractivity contribution in [2.45, 2.75) is 78.8 Å². The van der Waals surface area contributed by atoms with Crippen molar-refractivity contribution in [2.75, 3.05) is 23.9 Å². The molecular formula is C45H50FN7O5. The van der Waals surface area contributed by atoms with Crippen molar-refractivity contribution in [2.24, 2.45) is 0 Å². The molecule has 0 unspecified atom stereocenters. The van der Waals surface area contributed by atoms with Gasteiger partial charge in [0.1, 0.15) is 34.7 Å². The third-order valence-corrected chi connectivity index (χ3v) is 9.29. The van der Waals surface area contributed by atoms with Crippen LogP contribution in [0.5, 0.6) is 5.88 Å². The third kappa shape index (κ3) is 10.1. The molecule has 0 aliphatic rings. The van der Waals surface area contributed by atoms with Gasteiger partial charge in [0.2, 0.25) is 5.88 Å². The minimum Gasteiger partial charge on any atom is -0.473 e. The average Bonchev–Trinajstić information content (AvgIpc) is 3.63. The number of pyridine rings is 1. The number of methoxy groups -OCH3 is 1. The van der Waals surface area contributed by atoms with Crippen LogP contribution in [0.3, 0.4) is 0 Å². The number of benzene rings is 3. The van der Waals surface area contributed by atoms with Gasteiger partial charge in [-0.2, -0.15) is 9.61 Å². The number of alkyl carbamates (subject to hydrolysis) is 1. The lowest BCUT2D eigenvalue weighted by Crippen LogP contribution is -2.38. The summed E-state index contributed by atoms with van der Waals surface area (Å²) in [6.07, 6.45) is 1.90. The molecule has 3 aromatic carbocycles. The van der Waals surface area contributed by atoms with Crippen LogP contribution in [0, 0.1) is 12.7 Å². The van der Waals surface area contributed by atoms with Crippen LogP contribution >= 0.6 is 0 Å². The molecule has 0 radical (unpaired) electrons. The molecule has 0 saturated carbocycles. The first-order chi connectivity index (χ1) is 27.8. The van der Waals surface area contributed by atoms with Gasteiger partial charge in [0, 0.05) is 18.7 Å². The van der Waals surface area contributed by atoms with Gasteiger partial charge in [0.25, 0.3) is 0 Å². The van der Waals surface area contributed by atoms with Crippen LogP contribution in [0.25, 0.3) is 16.8 Å². The predicted octanol–water partition coefficient (Wildman–Crippen LogP) is 9.09. The second kappa shape index (κ2) is 18.2. The normalized spacial score (nSPS) is 12.4. The van der Waals surface area contributed by atoms with Crippen LogP contribution in [-0.4, -0.2) is 57.0 Å². The number of carbonyl (C=O) groups is 2. The molecule has 3 aromatic heterocycles. The third-order valence-electron chi connectivity index (χ3n) is 9.29. The summed E-state index contributed by atoms with van der Waals surface area (Å²) in [6.45, 7) is 12.2. The lowest BCUT2D eigenvalue weighted by molar-refractivity contribution is 0.0502. The topological polar surface area (TPSA) is 132 Å². The summed E-state index contributed by atoms with van der Waals surface area (Å²) in [5.74, 6) is 0.137. The summed E-state index contributed by atoms with van der Waals surface area (Å²) in [5.41, 5.74) is 4.96. The van der Waals surface area contributed by atoms with Crippen LogP contribution in [0.15, 0.2) is 103 Å². The van der Waals surface area contributed by atoms with Gasteiger partial charge in [0.15, 0.2) is 5.65 Å². The first-order valence-corrected chi connectivity index (χ1v) is 19.3. The fourth-order valence-corrected chi connectivity index (χ4v) is 6.56. The van der Waals surface area contributed by atoms with Gasteiger partial charge in [-0.3, -0.25) is 0 Å². The molecule has 3 heterocycles. The molecule has 58 heavy (non-hydrogen) atoms. The number of halogens is 1. The molecule has 0 aliphatic carbocycles. The van der Waals surface area contributed by atoms with E-state index in [4.69, 9.17) is 24.3 Å². The summed E-state index contributed by atoms with van der Waals surface area (Å²) < 4.78 is 33.7. The molecule has 302 valence electrons. The maximum atomic E-state index is 15.1. The zero-order valence-electron chi connectivity index (χ0n) is 34.0. The van der Waals surface area contributed by atoms with E-state index in [0.717, 1.165) is 28.5 Å². The fourth-order valence-electron chi connectivity index (χ4n) is 6.56. The maximum Gasteiger partial charge on any atom is 0.407 e. The number of amides is 1. The Morgan fingerprint density at radius 1 is 0.931 bits per heavy atom. The van der Waals surface area contributed by atoms with E-state index < -0.39 is 35.6 Å². The fraction of sp³-hybridized carbons (Fsp3) is 0.311. The highest BCUT2D eigenvalue weighted by Crippen LogP contribution is 2.41. The van der Waals surface area contributed by atoms with E-state index in [0.29, 0.717) is 42.3 Å². The van der Waals surface area contributed by atoms with Crippen molar-refractivity contribution in [3.8, 4) is 17.0 Å².